The Kier molecular flexibility index (Phi) is 4.55. The SMILES string of the molecule is CS(=O)(=O)Nc1ccc(C(=O)/C=C/c2ccccc2)cc1. The zero-order valence-electron chi connectivity index (χ0n) is 11.5. The summed E-state index contributed by atoms with van der Waals surface area (Å²) >= 11 is 0. The monoisotopic (exact) mass is 301 g/mol. The second-order valence-corrected chi connectivity index (χ2v) is 6.31. The van der Waals surface area contributed by atoms with Gasteiger partial charge in [0.25, 0.3) is 0 Å². The predicted octanol–water partition coefficient (Wildman–Crippen LogP) is 2.95. The number of allylic oxidation sites excluding steroid dienone is 1. The van der Waals surface area contributed by atoms with Gasteiger partial charge in [0.2, 0.25) is 10.0 Å². The molecule has 0 aliphatic carbocycles. The van der Waals surface area contributed by atoms with E-state index in [2.05, 4.69) is 4.72 Å². The van der Waals surface area contributed by atoms with Gasteiger partial charge in [0, 0.05) is 11.3 Å². The molecule has 0 heterocycles. The van der Waals surface area contributed by atoms with Crippen LogP contribution in [0, 0.1) is 0 Å². The number of ketones is 1. The van der Waals surface area contributed by atoms with E-state index in [1.807, 2.05) is 30.3 Å². The van der Waals surface area contributed by atoms with Crippen molar-refractivity contribution in [3.8, 4) is 0 Å². The van der Waals surface area contributed by atoms with Crippen molar-refractivity contribution in [1.29, 1.82) is 0 Å². The Bertz CT molecular complexity index is 748. The summed E-state index contributed by atoms with van der Waals surface area (Å²) < 4.78 is 24.5. The summed E-state index contributed by atoms with van der Waals surface area (Å²) in [6, 6.07) is 15.8. The Morgan fingerprint density at radius 3 is 2.19 bits per heavy atom. The van der Waals surface area contributed by atoms with E-state index in [0.29, 0.717) is 11.3 Å². The van der Waals surface area contributed by atoms with Crippen LogP contribution in [0.4, 0.5) is 5.69 Å². The topological polar surface area (TPSA) is 63.2 Å². The maximum Gasteiger partial charge on any atom is 0.229 e. The molecule has 0 atom stereocenters. The summed E-state index contributed by atoms with van der Waals surface area (Å²) in [4.78, 5) is 12.0. The minimum absolute atomic E-state index is 0.134. The number of rotatable bonds is 5. The highest BCUT2D eigenvalue weighted by atomic mass is 32.2. The minimum atomic E-state index is -3.31. The van der Waals surface area contributed by atoms with E-state index >= 15 is 0 Å². The fourth-order valence-electron chi connectivity index (χ4n) is 1.75. The lowest BCUT2D eigenvalue weighted by molar-refractivity contribution is 0.104. The molecule has 0 saturated heterocycles. The first kappa shape index (κ1) is 15.0. The number of hydrogen-bond acceptors (Lipinski definition) is 3. The zero-order valence-corrected chi connectivity index (χ0v) is 12.3. The average Bonchev–Trinajstić information content (AvgIpc) is 2.45. The molecule has 0 spiro atoms. The third-order valence-electron chi connectivity index (χ3n) is 2.70. The highest BCUT2D eigenvalue weighted by molar-refractivity contribution is 7.92. The predicted molar refractivity (Wildman–Crippen MR) is 84.7 cm³/mol. The van der Waals surface area contributed by atoms with Gasteiger partial charge in [-0.2, -0.15) is 0 Å². The van der Waals surface area contributed by atoms with E-state index in [1.165, 1.54) is 6.08 Å². The lowest BCUT2D eigenvalue weighted by atomic mass is 10.1. The van der Waals surface area contributed by atoms with Crippen molar-refractivity contribution in [2.24, 2.45) is 0 Å². The number of anilines is 1. The standard InChI is InChI=1S/C16H15NO3S/c1-21(19,20)17-15-10-8-14(9-11-15)16(18)12-7-13-5-3-2-4-6-13/h2-12,17H,1H3/b12-7+. The number of sulfonamides is 1. The molecule has 108 valence electrons. The van der Waals surface area contributed by atoms with Crippen LogP contribution in [0.25, 0.3) is 6.08 Å². The maximum absolute atomic E-state index is 12.0. The molecule has 0 amide bonds. The molecule has 0 aliphatic rings. The highest BCUT2D eigenvalue weighted by Gasteiger charge is 2.04. The highest BCUT2D eigenvalue weighted by Crippen LogP contribution is 2.12. The van der Waals surface area contributed by atoms with Crippen LogP contribution < -0.4 is 4.72 Å². The van der Waals surface area contributed by atoms with Crippen LogP contribution >= 0.6 is 0 Å². The van der Waals surface area contributed by atoms with Gasteiger partial charge in [0.05, 0.1) is 6.26 Å². The van der Waals surface area contributed by atoms with Gasteiger partial charge in [-0.3, -0.25) is 9.52 Å². The van der Waals surface area contributed by atoms with Crippen molar-refractivity contribution in [2.45, 2.75) is 0 Å². The van der Waals surface area contributed by atoms with E-state index in [0.717, 1.165) is 11.8 Å². The molecule has 21 heavy (non-hydrogen) atoms. The molecule has 4 nitrogen and oxygen atoms in total. The number of hydrogen-bond donors (Lipinski definition) is 1. The molecule has 0 radical (unpaired) electrons. The fraction of sp³-hybridized carbons (Fsp3) is 0.0625. The van der Waals surface area contributed by atoms with E-state index in [-0.39, 0.29) is 5.78 Å². The molecule has 0 unspecified atom stereocenters. The summed E-state index contributed by atoms with van der Waals surface area (Å²) in [7, 11) is -3.31. The van der Waals surface area contributed by atoms with Crippen LogP contribution in [0.5, 0.6) is 0 Å². The lowest BCUT2D eigenvalue weighted by Crippen LogP contribution is -2.09. The average molecular weight is 301 g/mol. The Morgan fingerprint density at radius 1 is 1.00 bits per heavy atom. The molecule has 0 saturated carbocycles. The molecule has 5 heteroatoms. The first-order chi connectivity index (χ1) is 9.94. The Labute approximate surface area is 124 Å². The van der Waals surface area contributed by atoms with Crippen LogP contribution in [0.2, 0.25) is 0 Å². The molecular weight excluding hydrogens is 286 g/mol. The van der Waals surface area contributed by atoms with Gasteiger partial charge in [0.15, 0.2) is 5.78 Å². The van der Waals surface area contributed by atoms with Crippen molar-refractivity contribution >= 4 is 27.6 Å². The van der Waals surface area contributed by atoms with Crippen LogP contribution in [0.15, 0.2) is 60.7 Å². The number of benzene rings is 2. The van der Waals surface area contributed by atoms with Gasteiger partial charge in [-0.1, -0.05) is 36.4 Å². The number of carbonyl (C=O) groups is 1. The van der Waals surface area contributed by atoms with Gasteiger partial charge in [-0.05, 0) is 35.9 Å². The van der Waals surface area contributed by atoms with E-state index < -0.39 is 10.0 Å². The molecule has 1 N–H and O–H groups in total. The van der Waals surface area contributed by atoms with Crippen molar-refractivity contribution in [3.63, 3.8) is 0 Å². The summed E-state index contributed by atoms with van der Waals surface area (Å²) in [5.74, 6) is -0.134. The van der Waals surface area contributed by atoms with E-state index in [4.69, 9.17) is 0 Å². The van der Waals surface area contributed by atoms with Gasteiger partial charge >= 0.3 is 0 Å². The minimum Gasteiger partial charge on any atom is -0.289 e. The van der Waals surface area contributed by atoms with Crippen LogP contribution in [0.1, 0.15) is 15.9 Å². The van der Waals surface area contributed by atoms with E-state index in [9.17, 15) is 13.2 Å². The second kappa shape index (κ2) is 6.37. The molecule has 2 aromatic rings. The van der Waals surface area contributed by atoms with Crippen molar-refractivity contribution < 1.29 is 13.2 Å². The molecular formula is C16H15NO3S. The van der Waals surface area contributed by atoms with Gasteiger partial charge in [0.1, 0.15) is 0 Å². The van der Waals surface area contributed by atoms with E-state index in [1.54, 1.807) is 30.3 Å². The van der Waals surface area contributed by atoms with Crippen molar-refractivity contribution in [2.75, 3.05) is 11.0 Å². The fourth-order valence-corrected chi connectivity index (χ4v) is 2.31. The van der Waals surface area contributed by atoms with Crippen LogP contribution in [-0.2, 0) is 10.0 Å². The normalized spacial score (nSPS) is 11.5. The Balaban J connectivity index is 2.08. The molecule has 0 fully saturated rings. The molecule has 0 aromatic heterocycles. The number of nitrogens with one attached hydrogen (secondary N) is 1. The zero-order chi connectivity index (χ0) is 15.3. The third kappa shape index (κ3) is 4.89. The van der Waals surface area contributed by atoms with Crippen LogP contribution in [0.3, 0.4) is 0 Å². The first-order valence-electron chi connectivity index (χ1n) is 6.29. The van der Waals surface area contributed by atoms with Gasteiger partial charge in [-0.25, -0.2) is 8.42 Å². The first-order valence-corrected chi connectivity index (χ1v) is 8.18. The number of carbonyl (C=O) groups excluding carboxylic acids is 1. The lowest BCUT2D eigenvalue weighted by Gasteiger charge is -2.03. The quantitative estimate of drug-likeness (QED) is 0.682. The maximum atomic E-state index is 12.0. The van der Waals surface area contributed by atoms with Crippen molar-refractivity contribution in [1.82, 2.24) is 0 Å². The molecule has 0 aliphatic heterocycles. The molecule has 2 rings (SSSR count). The summed E-state index contributed by atoms with van der Waals surface area (Å²) in [5.41, 5.74) is 1.88. The summed E-state index contributed by atoms with van der Waals surface area (Å²) in [6.07, 6.45) is 4.31. The largest absolute Gasteiger partial charge is 0.289 e. The summed E-state index contributed by atoms with van der Waals surface area (Å²) in [5, 5.41) is 0. The van der Waals surface area contributed by atoms with Crippen molar-refractivity contribution in [3.05, 3.63) is 71.8 Å². The van der Waals surface area contributed by atoms with Crippen LogP contribution in [-0.4, -0.2) is 20.5 Å². The Morgan fingerprint density at radius 2 is 1.62 bits per heavy atom. The smallest absolute Gasteiger partial charge is 0.229 e. The van der Waals surface area contributed by atoms with Gasteiger partial charge < -0.3 is 0 Å². The van der Waals surface area contributed by atoms with Gasteiger partial charge in [-0.15, -0.1) is 0 Å². The third-order valence-corrected chi connectivity index (χ3v) is 3.31. The second-order valence-electron chi connectivity index (χ2n) is 4.56. The molecule has 2 aromatic carbocycles. The summed E-state index contributed by atoms with van der Waals surface area (Å²) in [6.45, 7) is 0. The molecule has 0 bridgehead atoms. The Hall–Kier alpha value is -2.40.